The number of hydrogen-bond acceptors (Lipinski definition) is 4. The standard InChI is InChI=1S/C19H21N3OS/c1-12-6-3-4-7-13(12)10-22(2)11-16-20-18(23)17-14-8-5-9-15(14)24-19(17)21-16/h3-4,6-7H,5,8-11H2,1-2H3,(H,20,21,23). The highest BCUT2D eigenvalue weighted by atomic mass is 32.1. The van der Waals surface area contributed by atoms with Gasteiger partial charge in [0, 0.05) is 11.4 Å². The van der Waals surface area contributed by atoms with Crippen LogP contribution in [0.1, 0.15) is 33.8 Å². The summed E-state index contributed by atoms with van der Waals surface area (Å²) >= 11 is 1.70. The number of benzene rings is 1. The minimum absolute atomic E-state index is 0.0266. The molecule has 2 aromatic heterocycles. The van der Waals surface area contributed by atoms with Gasteiger partial charge in [0.2, 0.25) is 0 Å². The summed E-state index contributed by atoms with van der Waals surface area (Å²) in [5.74, 6) is 0.753. The zero-order valence-corrected chi connectivity index (χ0v) is 14.9. The van der Waals surface area contributed by atoms with Gasteiger partial charge in [0.1, 0.15) is 10.7 Å². The highest BCUT2D eigenvalue weighted by Crippen LogP contribution is 2.34. The maximum atomic E-state index is 12.5. The van der Waals surface area contributed by atoms with Gasteiger partial charge in [0.15, 0.2) is 0 Å². The molecule has 0 spiro atoms. The third-order valence-corrected chi connectivity index (χ3v) is 5.93. The van der Waals surface area contributed by atoms with Gasteiger partial charge in [0.05, 0.1) is 11.9 Å². The first-order valence-corrected chi connectivity index (χ1v) is 9.20. The van der Waals surface area contributed by atoms with Gasteiger partial charge >= 0.3 is 0 Å². The number of aromatic nitrogens is 2. The molecule has 0 fully saturated rings. The molecule has 1 aliphatic rings. The normalized spacial score (nSPS) is 13.8. The lowest BCUT2D eigenvalue weighted by atomic mass is 10.1. The molecular weight excluding hydrogens is 318 g/mol. The van der Waals surface area contributed by atoms with Crippen LogP contribution < -0.4 is 5.56 Å². The van der Waals surface area contributed by atoms with Gasteiger partial charge in [0.25, 0.3) is 5.56 Å². The third kappa shape index (κ3) is 2.78. The number of fused-ring (bicyclic) bond motifs is 3. The van der Waals surface area contributed by atoms with Gasteiger partial charge in [-0.2, -0.15) is 0 Å². The second kappa shape index (κ2) is 6.15. The Hall–Kier alpha value is -1.98. The van der Waals surface area contributed by atoms with Crippen LogP contribution in [-0.2, 0) is 25.9 Å². The molecule has 124 valence electrons. The highest BCUT2D eigenvalue weighted by molar-refractivity contribution is 7.18. The van der Waals surface area contributed by atoms with Gasteiger partial charge in [-0.25, -0.2) is 4.98 Å². The quantitative estimate of drug-likeness (QED) is 0.792. The maximum Gasteiger partial charge on any atom is 0.259 e. The van der Waals surface area contributed by atoms with E-state index in [9.17, 15) is 4.79 Å². The zero-order chi connectivity index (χ0) is 16.7. The van der Waals surface area contributed by atoms with Crippen LogP contribution in [0.15, 0.2) is 29.1 Å². The lowest BCUT2D eigenvalue weighted by Gasteiger charge is -2.17. The topological polar surface area (TPSA) is 49.0 Å². The van der Waals surface area contributed by atoms with E-state index < -0.39 is 0 Å². The minimum Gasteiger partial charge on any atom is -0.309 e. The number of nitrogens with one attached hydrogen (secondary N) is 1. The lowest BCUT2D eigenvalue weighted by molar-refractivity contribution is 0.310. The molecule has 1 aromatic carbocycles. The van der Waals surface area contributed by atoms with E-state index in [1.807, 2.05) is 0 Å². The van der Waals surface area contributed by atoms with E-state index in [0.29, 0.717) is 6.54 Å². The highest BCUT2D eigenvalue weighted by Gasteiger charge is 2.21. The molecule has 4 rings (SSSR count). The van der Waals surface area contributed by atoms with E-state index in [0.717, 1.165) is 41.8 Å². The summed E-state index contributed by atoms with van der Waals surface area (Å²) in [5.41, 5.74) is 3.86. The van der Waals surface area contributed by atoms with Crippen molar-refractivity contribution in [1.29, 1.82) is 0 Å². The first kappa shape index (κ1) is 15.5. The fourth-order valence-corrected chi connectivity index (χ4v) is 4.79. The average molecular weight is 339 g/mol. The van der Waals surface area contributed by atoms with Gasteiger partial charge < -0.3 is 4.98 Å². The Bertz CT molecular complexity index is 957. The monoisotopic (exact) mass is 339 g/mol. The summed E-state index contributed by atoms with van der Waals surface area (Å²) in [6, 6.07) is 8.40. The summed E-state index contributed by atoms with van der Waals surface area (Å²) in [4.78, 5) is 24.7. The summed E-state index contributed by atoms with van der Waals surface area (Å²) in [6.45, 7) is 3.61. The smallest absolute Gasteiger partial charge is 0.259 e. The van der Waals surface area contributed by atoms with Crippen LogP contribution >= 0.6 is 11.3 Å². The number of thiophene rings is 1. The second-order valence-electron chi connectivity index (χ2n) is 6.65. The number of aryl methyl sites for hydroxylation is 3. The SMILES string of the molecule is Cc1ccccc1CN(C)Cc1nc2sc3c(c2c(=O)[nH]1)CCC3. The fraction of sp³-hybridized carbons (Fsp3) is 0.368. The molecule has 1 N–H and O–H groups in total. The van der Waals surface area contributed by atoms with Crippen molar-refractivity contribution in [2.24, 2.45) is 0 Å². The van der Waals surface area contributed by atoms with Crippen LogP contribution in [0.4, 0.5) is 0 Å². The molecule has 0 aliphatic heterocycles. The van der Waals surface area contributed by atoms with Crippen LogP contribution in [0.2, 0.25) is 0 Å². The van der Waals surface area contributed by atoms with E-state index in [1.54, 1.807) is 11.3 Å². The maximum absolute atomic E-state index is 12.5. The van der Waals surface area contributed by atoms with E-state index >= 15 is 0 Å². The van der Waals surface area contributed by atoms with Gasteiger partial charge in [-0.3, -0.25) is 9.69 Å². The van der Waals surface area contributed by atoms with Gasteiger partial charge in [-0.05, 0) is 49.9 Å². The Morgan fingerprint density at radius 3 is 2.92 bits per heavy atom. The molecule has 24 heavy (non-hydrogen) atoms. The molecule has 0 unspecified atom stereocenters. The molecule has 3 aromatic rings. The minimum atomic E-state index is 0.0266. The van der Waals surface area contributed by atoms with Crippen molar-refractivity contribution in [2.45, 2.75) is 39.3 Å². The Labute approximate surface area is 145 Å². The molecule has 0 saturated carbocycles. The first-order chi connectivity index (χ1) is 11.6. The molecular formula is C19H21N3OS. The van der Waals surface area contributed by atoms with E-state index in [2.05, 4.69) is 48.1 Å². The number of aromatic amines is 1. The molecule has 4 nitrogen and oxygen atoms in total. The predicted octanol–water partition coefficient (Wildman–Crippen LogP) is 3.41. The summed E-state index contributed by atoms with van der Waals surface area (Å²) in [5, 5.41) is 0.831. The average Bonchev–Trinajstić information content (AvgIpc) is 3.09. The largest absolute Gasteiger partial charge is 0.309 e. The van der Waals surface area contributed by atoms with Crippen molar-refractivity contribution in [3.63, 3.8) is 0 Å². The van der Waals surface area contributed by atoms with Crippen LogP contribution in [0, 0.1) is 6.92 Å². The Morgan fingerprint density at radius 1 is 1.25 bits per heavy atom. The van der Waals surface area contributed by atoms with Gasteiger partial charge in [-0.1, -0.05) is 24.3 Å². The molecule has 0 radical (unpaired) electrons. The van der Waals surface area contributed by atoms with E-state index in [1.165, 1.54) is 21.6 Å². The summed E-state index contributed by atoms with van der Waals surface area (Å²) in [6.07, 6.45) is 3.28. The predicted molar refractivity (Wildman–Crippen MR) is 98.6 cm³/mol. The van der Waals surface area contributed by atoms with Gasteiger partial charge in [-0.15, -0.1) is 11.3 Å². The van der Waals surface area contributed by atoms with Crippen LogP contribution in [0.25, 0.3) is 10.2 Å². The third-order valence-electron chi connectivity index (χ3n) is 4.75. The number of rotatable bonds is 4. The second-order valence-corrected chi connectivity index (χ2v) is 7.73. The molecule has 0 atom stereocenters. The summed E-state index contributed by atoms with van der Waals surface area (Å²) < 4.78 is 0. The fourth-order valence-electron chi connectivity index (χ4n) is 3.51. The number of H-pyrrole nitrogens is 1. The van der Waals surface area contributed by atoms with Crippen molar-refractivity contribution in [1.82, 2.24) is 14.9 Å². The van der Waals surface area contributed by atoms with Crippen molar-refractivity contribution in [3.8, 4) is 0 Å². The van der Waals surface area contributed by atoms with E-state index in [-0.39, 0.29) is 5.56 Å². The van der Waals surface area contributed by atoms with Crippen molar-refractivity contribution in [3.05, 3.63) is 62.0 Å². The molecule has 2 heterocycles. The Balaban J connectivity index is 1.59. The van der Waals surface area contributed by atoms with Crippen molar-refractivity contribution in [2.75, 3.05) is 7.05 Å². The molecule has 0 amide bonds. The van der Waals surface area contributed by atoms with Crippen molar-refractivity contribution < 1.29 is 0 Å². The number of nitrogens with zero attached hydrogens (tertiary/aromatic N) is 2. The molecule has 5 heteroatoms. The molecule has 1 aliphatic carbocycles. The number of hydrogen-bond donors (Lipinski definition) is 1. The zero-order valence-electron chi connectivity index (χ0n) is 14.1. The first-order valence-electron chi connectivity index (χ1n) is 8.38. The molecule has 0 bridgehead atoms. The Kier molecular flexibility index (Phi) is 3.98. The van der Waals surface area contributed by atoms with Crippen molar-refractivity contribution >= 4 is 21.6 Å². The van der Waals surface area contributed by atoms with Crippen LogP contribution in [0.3, 0.4) is 0 Å². The Morgan fingerprint density at radius 2 is 2.08 bits per heavy atom. The summed E-state index contributed by atoms with van der Waals surface area (Å²) in [7, 11) is 2.06. The van der Waals surface area contributed by atoms with Crippen LogP contribution in [-0.4, -0.2) is 21.9 Å². The molecule has 0 saturated heterocycles. The van der Waals surface area contributed by atoms with Crippen LogP contribution in [0.5, 0.6) is 0 Å². The van der Waals surface area contributed by atoms with E-state index in [4.69, 9.17) is 4.98 Å². The lowest BCUT2D eigenvalue weighted by Crippen LogP contribution is -2.22.